The largest absolute Gasteiger partial charge is 0.457 e. The summed E-state index contributed by atoms with van der Waals surface area (Å²) in [5.41, 5.74) is 0.924. The van der Waals surface area contributed by atoms with Crippen molar-refractivity contribution in [2.24, 2.45) is 0 Å². The van der Waals surface area contributed by atoms with Crippen molar-refractivity contribution in [3.63, 3.8) is 0 Å². The standard InChI is InChI=1S/C19H17N3O2/c23-19-17(9-10-21-19)22-12-11-20-18(22)14-5-4-8-16(13-14)24-15-6-2-1-3-7-15/h1-8,11-13,17H,9-10H2,(H,21,23). The molecular weight excluding hydrogens is 302 g/mol. The highest BCUT2D eigenvalue weighted by molar-refractivity contribution is 5.83. The summed E-state index contributed by atoms with van der Waals surface area (Å²) in [5, 5.41) is 2.87. The lowest BCUT2D eigenvalue weighted by molar-refractivity contribution is -0.121. The summed E-state index contributed by atoms with van der Waals surface area (Å²) < 4.78 is 7.82. The van der Waals surface area contributed by atoms with Crippen molar-refractivity contribution in [3.8, 4) is 22.9 Å². The van der Waals surface area contributed by atoms with Crippen molar-refractivity contribution in [2.45, 2.75) is 12.5 Å². The number of imidazole rings is 1. The molecule has 1 aliphatic heterocycles. The second kappa shape index (κ2) is 6.20. The van der Waals surface area contributed by atoms with Crippen LogP contribution in [0, 0.1) is 0 Å². The van der Waals surface area contributed by atoms with Crippen LogP contribution in [0.25, 0.3) is 11.4 Å². The molecule has 0 radical (unpaired) electrons. The third-order valence-electron chi connectivity index (χ3n) is 4.10. The Hall–Kier alpha value is -3.08. The van der Waals surface area contributed by atoms with Crippen LogP contribution in [0.3, 0.4) is 0 Å². The number of rotatable bonds is 4. The van der Waals surface area contributed by atoms with Crippen LogP contribution in [-0.4, -0.2) is 22.0 Å². The average Bonchev–Trinajstić information content (AvgIpc) is 3.24. The summed E-state index contributed by atoms with van der Waals surface area (Å²) in [6.45, 7) is 0.707. The number of hydrogen-bond acceptors (Lipinski definition) is 3. The van der Waals surface area contributed by atoms with Gasteiger partial charge in [-0.25, -0.2) is 4.98 Å². The molecule has 120 valence electrons. The first-order valence-electron chi connectivity index (χ1n) is 7.95. The molecule has 3 aromatic rings. The van der Waals surface area contributed by atoms with Crippen LogP contribution in [0.5, 0.6) is 11.5 Å². The van der Waals surface area contributed by atoms with Crippen LogP contribution in [0.4, 0.5) is 0 Å². The SMILES string of the molecule is O=C1NCCC1n1ccnc1-c1cccc(Oc2ccccc2)c1. The first kappa shape index (κ1) is 14.5. The van der Waals surface area contributed by atoms with Crippen LogP contribution >= 0.6 is 0 Å². The zero-order valence-electron chi connectivity index (χ0n) is 13.1. The number of benzene rings is 2. The quantitative estimate of drug-likeness (QED) is 0.802. The number of amides is 1. The summed E-state index contributed by atoms with van der Waals surface area (Å²) in [6.07, 6.45) is 4.36. The van der Waals surface area contributed by atoms with E-state index in [1.807, 2.05) is 65.4 Å². The fraction of sp³-hybridized carbons (Fsp3) is 0.158. The van der Waals surface area contributed by atoms with Crippen LogP contribution in [0.1, 0.15) is 12.5 Å². The number of hydrogen-bond donors (Lipinski definition) is 1. The van der Waals surface area contributed by atoms with Gasteiger partial charge in [0.05, 0.1) is 0 Å². The molecule has 0 bridgehead atoms. The van der Waals surface area contributed by atoms with E-state index < -0.39 is 0 Å². The number of ether oxygens (including phenoxy) is 1. The summed E-state index contributed by atoms with van der Waals surface area (Å²) >= 11 is 0. The molecule has 1 atom stereocenters. The van der Waals surface area contributed by atoms with Crippen molar-refractivity contribution < 1.29 is 9.53 Å². The van der Waals surface area contributed by atoms with Gasteiger partial charge in [-0.2, -0.15) is 0 Å². The molecule has 2 aromatic carbocycles. The molecule has 1 fully saturated rings. The van der Waals surface area contributed by atoms with Crippen molar-refractivity contribution in [2.75, 3.05) is 6.54 Å². The Labute approximate surface area is 139 Å². The molecule has 2 heterocycles. The van der Waals surface area contributed by atoms with Crippen LogP contribution in [0.15, 0.2) is 67.0 Å². The zero-order chi connectivity index (χ0) is 16.4. The highest BCUT2D eigenvalue weighted by atomic mass is 16.5. The van der Waals surface area contributed by atoms with E-state index >= 15 is 0 Å². The smallest absolute Gasteiger partial charge is 0.243 e. The second-order valence-electron chi connectivity index (χ2n) is 5.70. The lowest BCUT2D eigenvalue weighted by atomic mass is 10.1. The molecule has 1 aromatic heterocycles. The third-order valence-corrected chi connectivity index (χ3v) is 4.10. The fourth-order valence-corrected chi connectivity index (χ4v) is 2.96. The Morgan fingerprint density at radius 1 is 1.08 bits per heavy atom. The van der Waals surface area contributed by atoms with E-state index in [-0.39, 0.29) is 11.9 Å². The van der Waals surface area contributed by atoms with E-state index in [4.69, 9.17) is 4.74 Å². The molecule has 5 nitrogen and oxygen atoms in total. The molecule has 24 heavy (non-hydrogen) atoms. The second-order valence-corrected chi connectivity index (χ2v) is 5.70. The van der Waals surface area contributed by atoms with Gasteiger partial charge in [0.25, 0.3) is 0 Å². The minimum absolute atomic E-state index is 0.0472. The van der Waals surface area contributed by atoms with Gasteiger partial charge in [0.1, 0.15) is 23.4 Å². The Morgan fingerprint density at radius 2 is 1.92 bits per heavy atom. The molecule has 5 heteroatoms. The van der Waals surface area contributed by atoms with E-state index in [1.54, 1.807) is 6.20 Å². The highest BCUT2D eigenvalue weighted by Gasteiger charge is 2.27. The van der Waals surface area contributed by atoms with E-state index in [2.05, 4.69) is 10.3 Å². The van der Waals surface area contributed by atoms with Crippen molar-refractivity contribution in [1.82, 2.24) is 14.9 Å². The topological polar surface area (TPSA) is 56.2 Å². The Morgan fingerprint density at radius 3 is 2.71 bits per heavy atom. The van der Waals surface area contributed by atoms with Gasteiger partial charge in [-0.05, 0) is 30.7 Å². The summed E-state index contributed by atoms with van der Waals surface area (Å²) in [5.74, 6) is 2.35. The number of carbonyl (C=O) groups excluding carboxylic acids is 1. The summed E-state index contributed by atoms with van der Waals surface area (Å²) in [7, 11) is 0. The van der Waals surface area contributed by atoms with Gasteiger partial charge in [0.15, 0.2) is 0 Å². The summed E-state index contributed by atoms with van der Waals surface area (Å²) in [6, 6.07) is 17.2. The van der Waals surface area contributed by atoms with Crippen molar-refractivity contribution >= 4 is 5.91 Å². The first-order valence-corrected chi connectivity index (χ1v) is 7.95. The fourth-order valence-electron chi connectivity index (χ4n) is 2.96. The van der Waals surface area contributed by atoms with Gasteiger partial charge in [0, 0.05) is 24.5 Å². The van der Waals surface area contributed by atoms with Gasteiger partial charge in [-0.3, -0.25) is 4.79 Å². The van der Waals surface area contributed by atoms with E-state index in [9.17, 15) is 4.79 Å². The van der Waals surface area contributed by atoms with Crippen LogP contribution in [-0.2, 0) is 4.79 Å². The number of nitrogens with one attached hydrogen (secondary N) is 1. The monoisotopic (exact) mass is 319 g/mol. The van der Waals surface area contributed by atoms with Crippen LogP contribution < -0.4 is 10.1 Å². The van der Waals surface area contributed by atoms with Gasteiger partial charge >= 0.3 is 0 Å². The number of para-hydroxylation sites is 1. The molecule has 1 amide bonds. The minimum atomic E-state index is -0.193. The predicted molar refractivity (Wildman–Crippen MR) is 90.8 cm³/mol. The van der Waals surface area contributed by atoms with Crippen molar-refractivity contribution in [1.29, 1.82) is 0 Å². The molecular formula is C19H17N3O2. The van der Waals surface area contributed by atoms with E-state index in [1.165, 1.54) is 0 Å². The summed E-state index contributed by atoms with van der Waals surface area (Å²) in [4.78, 5) is 16.4. The maximum atomic E-state index is 12.0. The molecule has 1 N–H and O–H groups in total. The molecule has 0 spiro atoms. The van der Waals surface area contributed by atoms with Crippen molar-refractivity contribution in [3.05, 3.63) is 67.0 Å². The van der Waals surface area contributed by atoms with E-state index in [0.29, 0.717) is 6.54 Å². The molecule has 0 saturated carbocycles. The van der Waals surface area contributed by atoms with Gasteiger partial charge < -0.3 is 14.6 Å². The normalized spacial score (nSPS) is 16.8. The molecule has 4 rings (SSSR count). The van der Waals surface area contributed by atoms with Gasteiger partial charge in [-0.1, -0.05) is 30.3 Å². The lowest BCUT2D eigenvalue weighted by Gasteiger charge is -2.13. The Balaban J connectivity index is 1.65. The molecule has 1 aliphatic rings. The Kier molecular flexibility index (Phi) is 3.75. The number of aromatic nitrogens is 2. The maximum Gasteiger partial charge on any atom is 0.243 e. The highest BCUT2D eigenvalue weighted by Crippen LogP contribution is 2.29. The van der Waals surface area contributed by atoms with Gasteiger partial charge in [-0.15, -0.1) is 0 Å². The van der Waals surface area contributed by atoms with Gasteiger partial charge in [0.2, 0.25) is 5.91 Å². The first-order chi connectivity index (χ1) is 11.8. The third kappa shape index (κ3) is 2.76. The maximum absolute atomic E-state index is 12.0. The van der Waals surface area contributed by atoms with E-state index in [0.717, 1.165) is 29.3 Å². The zero-order valence-corrected chi connectivity index (χ0v) is 13.1. The van der Waals surface area contributed by atoms with Crippen LogP contribution in [0.2, 0.25) is 0 Å². The number of nitrogens with zero attached hydrogens (tertiary/aromatic N) is 2. The molecule has 0 aliphatic carbocycles. The number of carbonyl (C=O) groups is 1. The minimum Gasteiger partial charge on any atom is -0.457 e. The average molecular weight is 319 g/mol. The predicted octanol–water partition coefficient (Wildman–Crippen LogP) is 3.40. The Bertz CT molecular complexity index is 858. The lowest BCUT2D eigenvalue weighted by Crippen LogP contribution is -2.21. The molecule has 1 saturated heterocycles. The molecule has 1 unspecified atom stereocenters.